The second kappa shape index (κ2) is 5.56. The molecule has 0 saturated carbocycles. The zero-order chi connectivity index (χ0) is 14.0. The Kier molecular flexibility index (Phi) is 4.22. The number of nitro benzene ring substituents is 1. The van der Waals surface area contributed by atoms with Gasteiger partial charge in [-0.2, -0.15) is 0 Å². The molecule has 6 nitrogen and oxygen atoms in total. The lowest BCUT2D eigenvalue weighted by atomic mass is 10.2. The number of nitrogens with one attached hydrogen (secondary N) is 1. The molecule has 1 N–H and O–H groups in total. The number of halogens is 1. The summed E-state index contributed by atoms with van der Waals surface area (Å²) in [4.78, 5) is 10.3. The number of hydrogen-bond donors (Lipinski definition) is 1. The van der Waals surface area contributed by atoms with Crippen LogP contribution in [0.1, 0.15) is 12.0 Å². The van der Waals surface area contributed by atoms with Crippen LogP contribution < -0.4 is 5.32 Å². The van der Waals surface area contributed by atoms with Crippen LogP contribution in [-0.2, 0) is 16.4 Å². The van der Waals surface area contributed by atoms with Gasteiger partial charge in [0.05, 0.1) is 16.4 Å². The Labute approximate surface area is 119 Å². The first-order valence-electron chi connectivity index (χ1n) is 5.73. The van der Waals surface area contributed by atoms with Crippen molar-refractivity contribution in [2.24, 2.45) is 0 Å². The molecule has 1 aliphatic rings. The van der Waals surface area contributed by atoms with Gasteiger partial charge in [0.1, 0.15) is 0 Å². The van der Waals surface area contributed by atoms with Gasteiger partial charge < -0.3 is 5.32 Å². The molecule has 0 bridgehead atoms. The molecule has 0 radical (unpaired) electrons. The van der Waals surface area contributed by atoms with Gasteiger partial charge in [-0.3, -0.25) is 10.1 Å². The number of hydrogen-bond acceptors (Lipinski definition) is 5. The molecule has 0 amide bonds. The summed E-state index contributed by atoms with van der Waals surface area (Å²) in [5.41, 5.74) is 0.774. The molecule has 2 rings (SSSR count). The second-order valence-electron chi connectivity index (χ2n) is 4.56. The minimum absolute atomic E-state index is 0.0187. The lowest BCUT2D eigenvalue weighted by molar-refractivity contribution is -0.385. The van der Waals surface area contributed by atoms with E-state index < -0.39 is 14.8 Å². The van der Waals surface area contributed by atoms with Crippen LogP contribution in [0.3, 0.4) is 0 Å². The normalized spacial score (nSPS) is 21.4. The molecule has 1 heterocycles. The summed E-state index contributed by atoms with van der Waals surface area (Å²) < 4.78 is 23.3. The summed E-state index contributed by atoms with van der Waals surface area (Å²) in [6.07, 6.45) is 0.596. The van der Waals surface area contributed by atoms with E-state index >= 15 is 0 Å². The van der Waals surface area contributed by atoms with Gasteiger partial charge in [0.15, 0.2) is 9.84 Å². The first kappa shape index (κ1) is 14.4. The fourth-order valence-electron chi connectivity index (χ4n) is 2.06. The molecule has 1 unspecified atom stereocenters. The maximum absolute atomic E-state index is 11.3. The molecule has 1 aliphatic heterocycles. The van der Waals surface area contributed by atoms with Crippen molar-refractivity contribution in [3.05, 3.63) is 38.3 Å². The maximum Gasteiger partial charge on any atom is 0.270 e. The Hall–Kier alpha value is -0.990. The van der Waals surface area contributed by atoms with Gasteiger partial charge in [0, 0.05) is 29.2 Å². The van der Waals surface area contributed by atoms with E-state index in [4.69, 9.17) is 0 Å². The van der Waals surface area contributed by atoms with Crippen molar-refractivity contribution >= 4 is 31.5 Å². The van der Waals surface area contributed by atoms with E-state index in [1.165, 1.54) is 12.1 Å². The van der Waals surface area contributed by atoms with Crippen molar-refractivity contribution < 1.29 is 13.3 Å². The fraction of sp³-hybridized carbons (Fsp3) is 0.455. The SMILES string of the molecule is O=[N+]([O-])c1cc(Br)cc(CNC2CCS(=O)(=O)C2)c1. The van der Waals surface area contributed by atoms with E-state index in [0.717, 1.165) is 5.56 Å². The monoisotopic (exact) mass is 348 g/mol. The van der Waals surface area contributed by atoms with Crippen molar-refractivity contribution in [3.63, 3.8) is 0 Å². The summed E-state index contributed by atoms with van der Waals surface area (Å²) >= 11 is 3.22. The third kappa shape index (κ3) is 3.99. The Balaban J connectivity index is 2.02. The summed E-state index contributed by atoms with van der Waals surface area (Å²) in [6, 6.07) is 4.64. The first-order chi connectivity index (χ1) is 8.85. The summed E-state index contributed by atoms with van der Waals surface area (Å²) in [7, 11) is -2.91. The highest BCUT2D eigenvalue weighted by atomic mass is 79.9. The number of nitro groups is 1. The number of non-ortho nitro benzene ring substituents is 1. The Morgan fingerprint density at radius 3 is 2.74 bits per heavy atom. The van der Waals surface area contributed by atoms with Crippen molar-refractivity contribution in [2.45, 2.75) is 19.0 Å². The lowest BCUT2D eigenvalue weighted by Gasteiger charge is -2.10. The Bertz CT molecular complexity index is 603. The van der Waals surface area contributed by atoms with Gasteiger partial charge in [-0.05, 0) is 18.1 Å². The highest BCUT2D eigenvalue weighted by Crippen LogP contribution is 2.21. The van der Waals surface area contributed by atoms with Crippen LogP contribution in [0.5, 0.6) is 0 Å². The standard InChI is InChI=1S/C11H13BrN2O4S/c12-9-3-8(4-11(5-9)14(15)16)6-13-10-1-2-19(17,18)7-10/h3-5,10,13H,1-2,6-7H2. The van der Waals surface area contributed by atoms with Gasteiger partial charge in [0.2, 0.25) is 0 Å². The molecule has 1 fully saturated rings. The summed E-state index contributed by atoms with van der Waals surface area (Å²) in [5, 5.41) is 13.9. The van der Waals surface area contributed by atoms with Gasteiger partial charge in [-0.15, -0.1) is 0 Å². The van der Waals surface area contributed by atoms with Crippen molar-refractivity contribution in [3.8, 4) is 0 Å². The van der Waals surface area contributed by atoms with E-state index in [0.29, 0.717) is 17.4 Å². The van der Waals surface area contributed by atoms with Crippen molar-refractivity contribution in [2.75, 3.05) is 11.5 Å². The van der Waals surface area contributed by atoms with E-state index in [9.17, 15) is 18.5 Å². The van der Waals surface area contributed by atoms with Crippen LogP contribution in [0.2, 0.25) is 0 Å². The van der Waals surface area contributed by atoms with E-state index in [1.54, 1.807) is 6.07 Å². The van der Waals surface area contributed by atoms with Crippen LogP contribution in [0.15, 0.2) is 22.7 Å². The van der Waals surface area contributed by atoms with Gasteiger partial charge in [0.25, 0.3) is 5.69 Å². The molecule has 0 spiro atoms. The highest BCUT2D eigenvalue weighted by molar-refractivity contribution is 9.10. The quantitative estimate of drug-likeness (QED) is 0.659. The molecule has 1 aromatic rings. The number of benzene rings is 1. The minimum atomic E-state index is -2.91. The Morgan fingerprint density at radius 2 is 2.16 bits per heavy atom. The average Bonchev–Trinajstić information content (AvgIpc) is 2.65. The van der Waals surface area contributed by atoms with Crippen molar-refractivity contribution in [1.82, 2.24) is 5.32 Å². The number of rotatable bonds is 4. The second-order valence-corrected chi connectivity index (χ2v) is 7.70. The van der Waals surface area contributed by atoms with Gasteiger partial charge in [-0.1, -0.05) is 15.9 Å². The molecule has 1 aromatic carbocycles. The third-order valence-corrected chi connectivity index (χ3v) is 5.21. The smallest absolute Gasteiger partial charge is 0.270 e. The van der Waals surface area contributed by atoms with Crippen LogP contribution in [-0.4, -0.2) is 30.9 Å². The van der Waals surface area contributed by atoms with E-state index in [1.807, 2.05) is 0 Å². The van der Waals surface area contributed by atoms with Crippen LogP contribution in [0.4, 0.5) is 5.69 Å². The summed E-state index contributed by atoms with van der Waals surface area (Å²) in [6.45, 7) is 0.417. The number of sulfone groups is 1. The molecule has 19 heavy (non-hydrogen) atoms. The topological polar surface area (TPSA) is 89.3 Å². The molecule has 0 aromatic heterocycles. The van der Waals surface area contributed by atoms with Crippen LogP contribution >= 0.6 is 15.9 Å². The van der Waals surface area contributed by atoms with Gasteiger partial charge in [-0.25, -0.2) is 8.42 Å². The Morgan fingerprint density at radius 1 is 1.42 bits per heavy atom. The predicted molar refractivity (Wildman–Crippen MR) is 74.7 cm³/mol. The molecular weight excluding hydrogens is 336 g/mol. The first-order valence-corrected chi connectivity index (χ1v) is 8.35. The predicted octanol–water partition coefficient (Wildman–Crippen LogP) is 1.63. The molecular formula is C11H13BrN2O4S. The highest BCUT2D eigenvalue weighted by Gasteiger charge is 2.27. The molecule has 1 saturated heterocycles. The van der Waals surface area contributed by atoms with Crippen molar-refractivity contribution in [1.29, 1.82) is 0 Å². The average molecular weight is 349 g/mol. The fourth-order valence-corrected chi connectivity index (χ4v) is 4.30. The molecule has 8 heteroatoms. The van der Waals surface area contributed by atoms with E-state index in [-0.39, 0.29) is 23.2 Å². The third-order valence-electron chi connectivity index (χ3n) is 2.98. The molecule has 1 atom stereocenters. The minimum Gasteiger partial charge on any atom is -0.309 e. The maximum atomic E-state index is 11.3. The van der Waals surface area contributed by atoms with Crippen LogP contribution in [0, 0.1) is 10.1 Å². The largest absolute Gasteiger partial charge is 0.309 e. The summed E-state index contributed by atoms with van der Waals surface area (Å²) in [5.74, 6) is 0.354. The van der Waals surface area contributed by atoms with Crippen LogP contribution in [0.25, 0.3) is 0 Å². The lowest BCUT2D eigenvalue weighted by Crippen LogP contribution is -2.29. The zero-order valence-electron chi connectivity index (χ0n) is 10.0. The zero-order valence-corrected chi connectivity index (χ0v) is 12.4. The van der Waals surface area contributed by atoms with E-state index in [2.05, 4.69) is 21.2 Å². The number of nitrogens with zero attached hydrogens (tertiary/aromatic N) is 1. The van der Waals surface area contributed by atoms with Gasteiger partial charge >= 0.3 is 0 Å². The molecule has 104 valence electrons. The molecule has 0 aliphatic carbocycles.